The SMILES string of the molecule is O=C(NCc1ccccc1)Nc1ccc(C(=O)O)cc1C(=O)O. The van der Waals surface area contributed by atoms with Gasteiger partial charge in [0.2, 0.25) is 0 Å². The van der Waals surface area contributed by atoms with E-state index in [1.165, 1.54) is 12.1 Å². The molecule has 23 heavy (non-hydrogen) atoms. The van der Waals surface area contributed by atoms with Crippen LogP contribution in [0.1, 0.15) is 26.3 Å². The minimum atomic E-state index is -1.33. The van der Waals surface area contributed by atoms with Crippen LogP contribution in [-0.4, -0.2) is 28.2 Å². The molecular weight excluding hydrogens is 300 g/mol. The Hall–Kier alpha value is -3.35. The monoisotopic (exact) mass is 314 g/mol. The van der Waals surface area contributed by atoms with Gasteiger partial charge in [-0.15, -0.1) is 0 Å². The normalized spacial score (nSPS) is 9.91. The van der Waals surface area contributed by atoms with Gasteiger partial charge in [-0.05, 0) is 23.8 Å². The van der Waals surface area contributed by atoms with Crippen molar-refractivity contribution in [3.63, 3.8) is 0 Å². The summed E-state index contributed by atoms with van der Waals surface area (Å²) in [5, 5.41) is 23.0. The van der Waals surface area contributed by atoms with Crippen molar-refractivity contribution >= 4 is 23.7 Å². The van der Waals surface area contributed by atoms with Crippen LogP contribution in [0.25, 0.3) is 0 Å². The van der Waals surface area contributed by atoms with Gasteiger partial charge >= 0.3 is 18.0 Å². The van der Waals surface area contributed by atoms with E-state index in [0.717, 1.165) is 11.6 Å². The molecule has 118 valence electrons. The lowest BCUT2D eigenvalue weighted by Gasteiger charge is -2.10. The fourth-order valence-electron chi connectivity index (χ4n) is 1.91. The third-order valence-electron chi connectivity index (χ3n) is 3.04. The highest BCUT2D eigenvalue weighted by atomic mass is 16.4. The summed E-state index contributed by atoms with van der Waals surface area (Å²) >= 11 is 0. The molecule has 2 rings (SSSR count). The van der Waals surface area contributed by atoms with Gasteiger partial charge in [0.1, 0.15) is 0 Å². The molecule has 7 nitrogen and oxygen atoms in total. The molecule has 7 heteroatoms. The maximum Gasteiger partial charge on any atom is 0.337 e. The molecule has 0 atom stereocenters. The zero-order valence-electron chi connectivity index (χ0n) is 11.9. The maximum atomic E-state index is 11.8. The van der Waals surface area contributed by atoms with Crippen LogP contribution in [0.3, 0.4) is 0 Å². The highest BCUT2D eigenvalue weighted by Gasteiger charge is 2.15. The van der Waals surface area contributed by atoms with Crippen molar-refractivity contribution in [2.24, 2.45) is 0 Å². The summed E-state index contributed by atoms with van der Waals surface area (Å²) in [4.78, 5) is 33.9. The summed E-state index contributed by atoms with van der Waals surface area (Å²) in [7, 11) is 0. The molecule has 0 fully saturated rings. The molecule has 4 N–H and O–H groups in total. The lowest BCUT2D eigenvalue weighted by atomic mass is 10.1. The van der Waals surface area contributed by atoms with Crippen LogP contribution < -0.4 is 10.6 Å². The highest BCUT2D eigenvalue weighted by Crippen LogP contribution is 2.18. The number of hydrogen-bond donors (Lipinski definition) is 4. The maximum absolute atomic E-state index is 11.8. The molecular formula is C16H14N2O5. The third-order valence-corrected chi connectivity index (χ3v) is 3.04. The van der Waals surface area contributed by atoms with Crippen LogP contribution in [0.5, 0.6) is 0 Å². The number of carboxylic acid groups (broad SMARTS) is 2. The molecule has 0 radical (unpaired) electrons. The van der Waals surface area contributed by atoms with Crippen molar-refractivity contribution in [3.8, 4) is 0 Å². The predicted octanol–water partition coefficient (Wildman–Crippen LogP) is 2.40. The molecule has 0 spiro atoms. The summed E-state index contributed by atoms with van der Waals surface area (Å²) in [5.41, 5.74) is 0.452. The number of carboxylic acids is 2. The van der Waals surface area contributed by atoms with Crippen LogP contribution in [0.4, 0.5) is 10.5 Å². The van der Waals surface area contributed by atoms with Crippen LogP contribution in [0.2, 0.25) is 0 Å². The molecule has 0 unspecified atom stereocenters. The smallest absolute Gasteiger partial charge is 0.337 e. The van der Waals surface area contributed by atoms with E-state index in [1.807, 2.05) is 30.3 Å². The summed E-state index contributed by atoms with van der Waals surface area (Å²) in [6, 6.07) is 12.1. The van der Waals surface area contributed by atoms with Crippen LogP contribution >= 0.6 is 0 Å². The van der Waals surface area contributed by atoms with E-state index in [4.69, 9.17) is 10.2 Å². The van der Waals surface area contributed by atoms with Gasteiger partial charge in [0.15, 0.2) is 0 Å². The molecule has 0 aromatic heterocycles. The minimum Gasteiger partial charge on any atom is -0.478 e. The van der Waals surface area contributed by atoms with Crippen molar-refractivity contribution in [3.05, 3.63) is 65.2 Å². The second-order valence-electron chi connectivity index (χ2n) is 4.66. The Kier molecular flexibility index (Phi) is 4.93. The molecule has 0 saturated heterocycles. The number of carbonyl (C=O) groups excluding carboxylic acids is 1. The number of aromatic carboxylic acids is 2. The summed E-state index contributed by atoms with van der Waals surface area (Å²) in [6.07, 6.45) is 0. The minimum absolute atomic E-state index is 0.0214. The Morgan fingerprint density at radius 3 is 2.22 bits per heavy atom. The number of rotatable bonds is 5. The zero-order chi connectivity index (χ0) is 16.8. The fraction of sp³-hybridized carbons (Fsp3) is 0.0625. The number of urea groups is 1. The van der Waals surface area contributed by atoms with E-state index in [9.17, 15) is 14.4 Å². The number of carbonyl (C=O) groups is 3. The number of hydrogen-bond acceptors (Lipinski definition) is 3. The van der Waals surface area contributed by atoms with E-state index < -0.39 is 18.0 Å². The first-order valence-electron chi connectivity index (χ1n) is 6.67. The Labute approximate surface area is 131 Å². The molecule has 0 saturated carbocycles. The van der Waals surface area contributed by atoms with Crippen LogP contribution in [0.15, 0.2) is 48.5 Å². The van der Waals surface area contributed by atoms with E-state index in [1.54, 1.807) is 0 Å². The Morgan fingerprint density at radius 1 is 0.913 bits per heavy atom. The highest BCUT2D eigenvalue weighted by molar-refractivity contribution is 6.02. The second-order valence-corrected chi connectivity index (χ2v) is 4.66. The van der Waals surface area contributed by atoms with E-state index >= 15 is 0 Å². The molecule has 0 bridgehead atoms. The lowest BCUT2D eigenvalue weighted by Crippen LogP contribution is -2.29. The van der Waals surface area contributed by atoms with Gasteiger partial charge in [0.25, 0.3) is 0 Å². The molecule has 0 aliphatic rings. The molecule has 2 amide bonds. The first kappa shape index (κ1) is 16.0. The van der Waals surface area contributed by atoms with Gasteiger partial charge in [-0.3, -0.25) is 0 Å². The lowest BCUT2D eigenvalue weighted by molar-refractivity contribution is 0.0696. The zero-order valence-corrected chi connectivity index (χ0v) is 11.9. The van der Waals surface area contributed by atoms with Crippen molar-refractivity contribution < 1.29 is 24.6 Å². The predicted molar refractivity (Wildman–Crippen MR) is 82.7 cm³/mol. The Balaban J connectivity index is 2.08. The van der Waals surface area contributed by atoms with Gasteiger partial charge in [-0.1, -0.05) is 30.3 Å². The van der Waals surface area contributed by atoms with E-state index in [2.05, 4.69) is 10.6 Å². The van der Waals surface area contributed by atoms with E-state index in [0.29, 0.717) is 0 Å². The number of amides is 2. The first-order valence-corrected chi connectivity index (χ1v) is 6.67. The molecule has 0 aliphatic heterocycles. The largest absolute Gasteiger partial charge is 0.478 e. The topological polar surface area (TPSA) is 116 Å². The number of benzene rings is 2. The summed E-state index contributed by atoms with van der Waals surface area (Å²) < 4.78 is 0. The Bertz CT molecular complexity index is 743. The summed E-state index contributed by atoms with van der Waals surface area (Å²) in [6.45, 7) is 0.280. The van der Waals surface area contributed by atoms with Crippen molar-refractivity contribution in [2.75, 3.05) is 5.32 Å². The number of anilines is 1. The van der Waals surface area contributed by atoms with Crippen molar-refractivity contribution in [1.29, 1.82) is 0 Å². The van der Waals surface area contributed by atoms with Crippen molar-refractivity contribution in [2.45, 2.75) is 6.54 Å². The summed E-state index contributed by atoms with van der Waals surface area (Å²) in [5.74, 6) is -2.57. The molecule has 0 aliphatic carbocycles. The third kappa shape index (κ3) is 4.31. The van der Waals surface area contributed by atoms with Crippen LogP contribution in [-0.2, 0) is 6.54 Å². The average molecular weight is 314 g/mol. The van der Waals surface area contributed by atoms with Crippen molar-refractivity contribution in [1.82, 2.24) is 5.32 Å². The molecule has 0 heterocycles. The van der Waals surface area contributed by atoms with Crippen LogP contribution in [0, 0.1) is 0 Å². The fourth-order valence-corrected chi connectivity index (χ4v) is 1.91. The van der Waals surface area contributed by atoms with Gasteiger partial charge in [-0.2, -0.15) is 0 Å². The van der Waals surface area contributed by atoms with E-state index in [-0.39, 0.29) is 23.4 Å². The second kappa shape index (κ2) is 7.08. The van der Waals surface area contributed by atoms with Gasteiger partial charge in [0.05, 0.1) is 16.8 Å². The Morgan fingerprint density at radius 2 is 1.61 bits per heavy atom. The van der Waals surface area contributed by atoms with Gasteiger partial charge < -0.3 is 20.8 Å². The van der Waals surface area contributed by atoms with Gasteiger partial charge in [-0.25, -0.2) is 14.4 Å². The average Bonchev–Trinajstić information content (AvgIpc) is 2.54. The first-order chi connectivity index (χ1) is 11.0. The number of nitrogens with one attached hydrogen (secondary N) is 2. The standard InChI is InChI=1S/C16H14N2O5/c19-14(20)11-6-7-13(12(8-11)15(21)22)18-16(23)17-9-10-4-2-1-3-5-10/h1-8H,9H2,(H,19,20)(H,21,22)(H2,17,18,23). The van der Waals surface area contributed by atoms with Gasteiger partial charge in [0, 0.05) is 6.54 Å². The molecule has 2 aromatic rings. The quantitative estimate of drug-likeness (QED) is 0.676. The molecule has 2 aromatic carbocycles.